The molecular formula is C14H21N3O2. The van der Waals surface area contributed by atoms with Gasteiger partial charge in [-0.05, 0) is 32.0 Å². The number of hydrogen-bond acceptors (Lipinski definition) is 4. The Morgan fingerprint density at radius 2 is 2.00 bits per heavy atom. The summed E-state index contributed by atoms with van der Waals surface area (Å²) in [6, 6.07) is 5.63. The fraction of sp³-hybridized carbons (Fsp3) is 0.500. The molecule has 5 heteroatoms. The molecule has 0 saturated carbocycles. The normalized spacial score (nSPS) is 14.1. The third-order valence-corrected chi connectivity index (χ3v) is 3.26. The molecule has 1 heterocycles. The highest BCUT2D eigenvalue weighted by molar-refractivity contribution is 5.96. The van der Waals surface area contributed by atoms with E-state index in [-0.39, 0.29) is 11.5 Å². The average molecular weight is 263 g/mol. The second-order valence-electron chi connectivity index (χ2n) is 5.26. The summed E-state index contributed by atoms with van der Waals surface area (Å²) in [7, 11) is 1.64. The van der Waals surface area contributed by atoms with Gasteiger partial charge in [0.15, 0.2) is 0 Å². The minimum atomic E-state index is -0.357. The minimum absolute atomic E-state index is 0.0831. The van der Waals surface area contributed by atoms with E-state index in [2.05, 4.69) is 16.0 Å². The summed E-state index contributed by atoms with van der Waals surface area (Å²) in [5, 5.41) is 9.44. The van der Waals surface area contributed by atoms with Crippen molar-refractivity contribution in [3.05, 3.63) is 23.8 Å². The highest BCUT2D eigenvalue weighted by Gasteiger charge is 2.18. The maximum atomic E-state index is 12.1. The van der Waals surface area contributed by atoms with E-state index in [1.165, 1.54) is 0 Å². The van der Waals surface area contributed by atoms with Crippen LogP contribution in [0.4, 0.5) is 11.4 Å². The first-order chi connectivity index (χ1) is 9.02. The summed E-state index contributed by atoms with van der Waals surface area (Å²) in [5.41, 5.74) is 2.32. The van der Waals surface area contributed by atoms with Crippen molar-refractivity contribution in [3.8, 4) is 0 Å². The SMILES string of the molecule is COC(C)(C)CNC(=O)c1ccc2c(c1)NCCN2. The van der Waals surface area contributed by atoms with E-state index in [4.69, 9.17) is 4.74 Å². The van der Waals surface area contributed by atoms with Crippen LogP contribution in [0.2, 0.25) is 0 Å². The topological polar surface area (TPSA) is 62.4 Å². The molecular weight excluding hydrogens is 242 g/mol. The number of amides is 1. The molecule has 0 aromatic heterocycles. The number of carbonyl (C=O) groups excluding carboxylic acids is 1. The summed E-state index contributed by atoms with van der Waals surface area (Å²) in [6.07, 6.45) is 0. The number of fused-ring (bicyclic) bond motifs is 1. The molecule has 0 saturated heterocycles. The molecule has 2 rings (SSSR count). The lowest BCUT2D eigenvalue weighted by Gasteiger charge is -2.23. The summed E-state index contributed by atoms with van der Waals surface area (Å²) < 4.78 is 5.28. The van der Waals surface area contributed by atoms with Crippen LogP contribution in [-0.2, 0) is 4.74 Å². The number of hydrogen-bond donors (Lipinski definition) is 3. The maximum absolute atomic E-state index is 12.1. The van der Waals surface area contributed by atoms with Gasteiger partial charge in [0, 0.05) is 32.3 Å². The molecule has 1 aliphatic rings. The van der Waals surface area contributed by atoms with Crippen molar-refractivity contribution in [3.63, 3.8) is 0 Å². The Bertz CT molecular complexity index is 472. The Balaban J connectivity index is 2.03. The van der Waals surface area contributed by atoms with E-state index < -0.39 is 0 Å². The highest BCUT2D eigenvalue weighted by atomic mass is 16.5. The zero-order chi connectivity index (χ0) is 13.9. The molecule has 0 atom stereocenters. The fourth-order valence-corrected chi connectivity index (χ4v) is 1.85. The zero-order valence-electron chi connectivity index (χ0n) is 11.7. The maximum Gasteiger partial charge on any atom is 0.251 e. The molecule has 0 radical (unpaired) electrons. The second kappa shape index (κ2) is 5.48. The number of methoxy groups -OCH3 is 1. The van der Waals surface area contributed by atoms with Crippen LogP contribution in [-0.4, -0.2) is 38.3 Å². The molecule has 0 fully saturated rings. The van der Waals surface area contributed by atoms with Crippen LogP contribution >= 0.6 is 0 Å². The number of carbonyl (C=O) groups is 1. The lowest BCUT2D eigenvalue weighted by atomic mass is 10.1. The van der Waals surface area contributed by atoms with Crippen LogP contribution in [0.3, 0.4) is 0 Å². The third kappa shape index (κ3) is 3.38. The van der Waals surface area contributed by atoms with Gasteiger partial charge < -0.3 is 20.7 Å². The molecule has 0 bridgehead atoms. The van der Waals surface area contributed by atoms with Gasteiger partial charge in [-0.3, -0.25) is 4.79 Å². The number of ether oxygens (including phenoxy) is 1. The molecule has 104 valence electrons. The van der Waals surface area contributed by atoms with E-state index >= 15 is 0 Å². The van der Waals surface area contributed by atoms with Crippen molar-refractivity contribution in [2.75, 3.05) is 37.4 Å². The first-order valence-corrected chi connectivity index (χ1v) is 6.47. The molecule has 0 aliphatic carbocycles. The van der Waals surface area contributed by atoms with Crippen molar-refractivity contribution in [2.45, 2.75) is 19.4 Å². The predicted molar refractivity (Wildman–Crippen MR) is 76.8 cm³/mol. The summed E-state index contributed by atoms with van der Waals surface area (Å²) in [4.78, 5) is 12.1. The summed E-state index contributed by atoms with van der Waals surface area (Å²) >= 11 is 0. The van der Waals surface area contributed by atoms with Crippen LogP contribution in [0, 0.1) is 0 Å². The molecule has 3 N–H and O–H groups in total. The highest BCUT2D eigenvalue weighted by Crippen LogP contribution is 2.25. The van der Waals surface area contributed by atoms with Crippen LogP contribution < -0.4 is 16.0 Å². The van der Waals surface area contributed by atoms with Gasteiger partial charge in [-0.2, -0.15) is 0 Å². The number of nitrogens with one attached hydrogen (secondary N) is 3. The molecule has 1 aliphatic heterocycles. The number of rotatable bonds is 4. The molecule has 19 heavy (non-hydrogen) atoms. The van der Waals surface area contributed by atoms with Gasteiger partial charge in [0.05, 0.1) is 17.0 Å². The Morgan fingerprint density at radius 3 is 2.68 bits per heavy atom. The van der Waals surface area contributed by atoms with Crippen LogP contribution in [0.1, 0.15) is 24.2 Å². The molecule has 0 spiro atoms. The number of anilines is 2. The minimum Gasteiger partial charge on any atom is -0.382 e. The lowest BCUT2D eigenvalue weighted by molar-refractivity contribution is 0.0229. The van der Waals surface area contributed by atoms with Crippen LogP contribution in [0.25, 0.3) is 0 Å². The van der Waals surface area contributed by atoms with Gasteiger partial charge in [-0.1, -0.05) is 0 Å². The summed E-state index contributed by atoms with van der Waals surface area (Å²) in [6.45, 7) is 6.12. The Labute approximate surface area is 113 Å². The van der Waals surface area contributed by atoms with Gasteiger partial charge in [0.2, 0.25) is 0 Å². The second-order valence-corrected chi connectivity index (χ2v) is 5.26. The first kappa shape index (κ1) is 13.7. The van der Waals surface area contributed by atoms with Crippen molar-refractivity contribution in [1.29, 1.82) is 0 Å². The Morgan fingerprint density at radius 1 is 1.32 bits per heavy atom. The summed E-state index contributed by atoms with van der Waals surface area (Å²) in [5.74, 6) is -0.0831. The smallest absolute Gasteiger partial charge is 0.251 e. The molecule has 5 nitrogen and oxygen atoms in total. The van der Waals surface area contributed by atoms with E-state index in [1.54, 1.807) is 7.11 Å². The van der Waals surface area contributed by atoms with Crippen molar-refractivity contribution in [2.24, 2.45) is 0 Å². The van der Waals surface area contributed by atoms with Gasteiger partial charge in [0.25, 0.3) is 5.91 Å². The van der Waals surface area contributed by atoms with Crippen LogP contribution in [0.5, 0.6) is 0 Å². The van der Waals surface area contributed by atoms with Crippen molar-refractivity contribution < 1.29 is 9.53 Å². The van der Waals surface area contributed by atoms with E-state index in [1.807, 2.05) is 32.0 Å². The monoisotopic (exact) mass is 263 g/mol. The van der Waals surface area contributed by atoms with Gasteiger partial charge in [-0.15, -0.1) is 0 Å². The third-order valence-electron chi connectivity index (χ3n) is 3.26. The Hall–Kier alpha value is -1.75. The molecule has 0 unspecified atom stereocenters. The van der Waals surface area contributed by atoms with E-state index in [0.717, 1.165) is 24.5 Å². The van der Waals surface area contributed by atoms with Crippen LogP contribution in [0.15, 0.2) is 18.2 Å². The van der Waals surface area contributed by atoms with Crippen molar-refractivity contribution >= 4 is 17.3 Å². The standard InChI is InChI=1S/C14H21N3O2/c1-14(2,19-3)9-17-13(18)10-4-5-11-12(8-10)16-7-6-15-11/h4-5,8,15-16H,6-7,9H2,1-3H3,(H,17,18). The van der Waals surface area contributed by atoms with E-state index in [9.17, 15) is 4.79 Å². The number of benzene rings is 1. The zero-order valence-corrected chi connectivity index (χ0v) is 11.7. The molecule has 1 aromatic carbocycles. The fourth-order valence-electron chi connectivity index (χ4n) is 1.85. The predicted octanol–water partition coefficient (Wildman–Crippen LogP) is 1.68. The Kier molecular flexibility index (Phi) is 3.95. The van der Waals surface area contributed by atoms with Crippen molar-refractivity contribution in [1.82, 2.24) is 5.32 Å². The van der Waals surface area contributed by atoms with E-state index in [0.29, 0.717) is 12.1 Å². The average Bonchev–Trinajstić information content (AvgIpc) is 2.44. The van der Waals surface area contributed by atoms with Gasteiger partial charge in [-0.25, -0.2) is 0 Å². The molecule has 1 aromatic rings. The molecule has 1 amide bonds. The van der Waals surface area contributed by atoms with Gasteiger partial charge in [0.1, 0.15) is 0 Å². The first-order valence-electron chi connectivity index (χ1n) is 6.47. The largest absolute Gasteiger partial charge is 0.382 e. The van der Waals surface area contributed by atoms with Gasteiger partial charge >= 0.3 is 0 Å². The lowest BCUT2D eigenvalue weighted by Crippen LogP contribution is -2.39. The quantitative estimate of drug-likeness (QED) is 0.773.